The minimum Gasteiger partial charge on any atom is -0.351 e. The molecule has 5 rings (SSSR count). The largest absolute Gasteiger partial charge is 0.423 e. The van der Waals surface area contributed by atoms with Crippen molar-refractivity contribution in [1.82, 2.24) is 24.8 Å². The molecule has 0 spiro atoms. The van der Waals surface area contributed by atoms with E-state index in [1.54, 1.807) is 12.3 Å². The normalized spacial score (nSPS) is 14.9. The number of carbonyl (C=O) groups is 1. The van der Waals surface area contributed by atoms with Crippen LogP contribution in [0, 0.1) is 10.7 Å². The molecule has 3 atom stereocenters. The first-order valence-electron chi connectivity index (χ1n) is 16.9. The Morgan fingerprint density at radius 3 is 2.50 bits per heavy atom. The van der Waals surface area contributed by atoms with E-state index >= 15 is 4.39 Å². The second kappa shape index (κ2) is 16.6. The second-order valence-electron chi connectivity index (χ2n) is 13.0. The maximum atomic E-state index is 16.3. The molecule has 0 bridgehead atoms. The second-order valence-corrected chi connectivity index (χ2v) is 14.6. The Morgan fingerprint density at radius 1 is 1.10 bits per heavy atom. The summed E-state index contributed by atoms with van der Waals surface area (Å²) in [4.78, 5) is 44.4. The Morgan fingerprint density at radius 2 is 1.81 bits per heavy atom. The Bertz CT molecular complexity index is 1950. The molecule has 4 aromatic rings. The number of hydrazine groups is 1. The van der Waals surface area contributed by atoms with Gasteiger partial charge in [-0.15, -0.1) is 16.8 Å². The molecule has 2 aromatic heterocycles. The van der Waals surface area contributed by atoms with E-state index in [1.165, 1.54) is 41.7 Å². The number of nitrogens with zero attached hydrogens (tertiary/aromatic N) is 6. The molecule has 1 fully saturated rings. The van der Waals surface area contributed by atoms with E-state index in [2.05, 4.69) is 36.4 Å². The van der Waals surface area contributed by atoms with Crippen LogP contribution in [0.15, 0.2) is 60.8 Å². The molecule has 1 saturated heterocycles. The highest BCUT2D eigenvalue weighted by Gasteiger charge is 2.41. The van der Waals surface area contributed by atoms with Gasteiger partial charge in [-0.1, -0.05) is 47.4 Å². The summed E-state index contributed by atoms with van der Waals surface area (Å²) in [5.41, 5.74) is 1.66. The van der Waals surface area contributed by atoms with E-state index in [4.69, 9.17) is 9.97 Å². The quantitative estimate of drug-likeness (QED) is 0.0469. The SMILES string of the molecule is C=C(CC(=O)N1CCN(C)CC1)CC(C)Nc1nccc(-c2sc(C(C)CC)nc2-c2cccc(N[N+](=O)c3c(P)cccc3C(F)(F)F)c2F)n1. The van der Waals surface area contributed by atoms with Crippen LogP contribution in [0.25, 0.3) is 21.8 Å². The number of thiazole rings is 1. The Hall–Kier alpha value is -4.33. The number of nitrogens with one attached hydrogen (secondary N) is 2. The van der Waals surface area contributed by atoms with Crippen LogP contribution >= 0.6 is 20.6 Å². The number of anilines is 2. The van der Waals surface area contributed by atoms with Crippen molar-refractivity contribution >= 4 is 49.1 Å². The first kappa shape index (κ1) is 38.9. The average Bonchev–Trinajstić information content (AvgIpc) is 3.54. The molecule has 52 heavy (non-hydrogen) atoms. The van der Waals surface area contributed by atoms with Crippen molar-refractivity contribution in [3.63, 3.8) is 0 Å². The van der Waals surface area contributed by atoms with Crippen molar-refractivity contribution in [2.45, 2.75) is 58.2 Å². The number of rotatable bonds is 13. The lowest BCUT2D eigenvalue weighted by molar-refractivity contribution is -0.429. The molecule has 2 aromatic carbocycles. The highest BCUT2D eigenvalue weighted by molar-refractivity contribution is 7.28. The number of hydrogen-bond donors (Lipinski definition) is 2. The van der Waals surface area contributed by atoms with Gasteiger partial charge in [-0.2, -0.15) is 13.2 Å². The molecule has 16 heteroatoms. The summed E-state index contributed by atoms with van der Waals surface area (Å²) in [6, 6.07) is 9.11. The minimum absolute atomic E-state index is 0.0141. The minimum atomic E-state index is -4.81. The monoisotopic (exact) mass is 757 g/mol. The molecular formula is C36H42F4N8O2PS+. The van der Waals surface area contributed by atoms with Crippen molar-refractivity contribution in [3.05, 3.63) is 82.1 Å². The number of benzene rings is 2. The maximum absolute atomic E-state index is 16.3. The van der Waals surface area contributed by atoms with Crippen LogP contribution in [0.1, 0.15) is 56.5 Å². The fourth-order valence-electron chi connectivity index (χ4n) is 5.77. The first-order chi connectivity index (χ1) is 24.7. The lowest BCUT2D eigenvalue weighted by atomic mass is 10.1. The number of hydrogen-bond acceptors (Lipinski definition) is 8. The number of aromatic nitrogens is 3. The third kappa shape index (κ3) is 9.17. The van der Waals surface area contributed by atoms with Crippen LogP contribution in [0.2, 0.25) is 0 Å². The van der Waals surface area contributed by atoms with Gasteiger partial charge < -0.3 is 15.1 Å². The van der Waals surface area contributed by atoms with E-state index in [0.29, 0.717) is 36.0 Å². The standard InChI is InChI=1S/C36H42F4N8O2PS/c1-6-22(3)34-44-31(24-9-7-11-26(30(24)37)45-48(50)32-25(36(38,39)40)10-8-12-28(32)51)33(52-34)27-13-14-41-35(43-27)42-23(4)19-21(2)20-29(49)47-17-15-46(5)16-18-47/h7-14,22-23H,2,6,15-20,51H2,1,3-5H3,(H,45,50)(H,41,42,43)/q+1. The van der Waals surface area contributed by atoms with Gasteiger partial charge in [-0.25, -0.2) is 19.3 Å². The first-order valence-corrected chi connectivity index (χ1v) is 18.3. The van der Waals surface area contributed by atoms with Gasteiger partial charge in [0.25, 0.3) is 0 Å². The number of amides is 1. The molecular weight excluding hydrogens is 715 g/mol. The number of carbonyl (C=O) groups excluding carboxylic acids is 1. The highest BCUT2D eigenvalue weighted by atomic mass is 32.1. The summed E-state index contributed by atoms with van der Waals surface area (Å²) in [5.74, 6) is -0.446. The van der Waals surface area contributed by atoms with Crippen molar-refractivity contribution in [2.75, 3.05) is 44.0 Å². The van der Waals surface area contributed by atoms with Gasteiger partial charge in [0.1, 0.15) is 11.3 Å². The van der Waals surface area contributed by atoms with Gasteiger partial charge >= 0.3 is 11.9 Å². The summed E-state index contributed by atoms with van der Waals surface area (Å²) < 4.78 is 57.5. The van der Waals surface area contributed by atoms with E-state index in [9.17, 15) is 22.9 Å². The van der Waals surface area contributed by atoms with Crippen LogP contribution in [0.4, 0.5) is 34.9 Å². The molecule has 3 heterocycles. The van der Waals surface area contributed by atoms with Gasteiger partial charge in [0, 0.05) is 61.6 Å². The third-order valence-corrected chi connectivity index (χ3v) is 10.6. The molecule has 1 amide bonds. The van der Waals surface area contributed by atoms with E-state index in [1.807, 2.05) is 32.7 Å². The van der Waals surface area contributed by atoms with Crippen molar-refractivity contribution in [2.24, 2.45) is 0 Å². The lowest BCUT2D eigenvalue weighted by Crippen LogP contribution is -2.47. The van der Waals surface area contributed by atoms with Crippen molar-refractivity contribution in [3.8, 4) is 21.8 Å². The van der Waals surface area contributed by atoms with Gasteiger partial charge in [-0.3, -0.25) is 4.79 Å². The van der Waals surface area contributed by atoms with E-state index < -0.39 is 23.2 Å². The summed E-state index contributed by atoms with van der Waals surface area (Å²) in [5, 5.41) is 4.01. The highest BCUT2D eigenvalue weighted by Crippen LogP contribution is 2.42. The Labute approximate surface area is 306 Å². The predicted molar refractivity (Wildman–Crippen MR) is 200 cm³/mol. The maximum Gasteiger partial charge on any atom is 0.423 e. The lowest BCUT2D eigenvalue weighted by Gasteiger charge is -2.32. The fourth-order valence-corrected chi connectivity index (χ4v) is 7.34. The van der Waals surface area contributed by atoms with Crippen LogP contribution < -0.4 is 16.0 Å². The van der Waals surface area contributed by atoms with Crippen LogP contribution in [0.3, 0.4) is 0 Å². The molecule has 1 aliphatic rings. The topological polar surface area (TPSA) is 106 Å². The predicted octanol–water partition coefficient (Wildman–Crippen LogP) is 7.79. The van der Waals surface area contributed by atoms with E-state index in [0.717, 1.165) is 36.2 Å². The van der Waals surface area contributed by atoms with Gasteiger partial charge in [0.05, 0.1) is 26.2 Å². The van der Waals surface area contributed by atoms with Crippen LogP contribution in [0.5, 0.6) is 0 Å². The molecule has 0 aliphatic carbocycles. The number of piperazine rings is 1. The number of alkyl halides is 3. The number of para-hydroxylation sites is 1. The van der Waals surface area contributed by atoms with E-state index in [-0.39, 0.29) is 51.4 Å². The number of halogens is 4. The number of nitroso groups, excluding NO2 is 1. The average molecular weight is 758 g/mol. The van der Waals surface area contributed by atoms with Crippen LogP contribution in [-0.4, -0.2) is 74.8 Å². The van der Waals surface area contributed by atoms with Gasteiger partial charge in [0.2, 0.25) is 11.9 Å². The summed E-state index contributed by atoms with van der Waals surface area (Å²) in [6.07, 6.45) is -1.68. The molecule has 276 valence electrons. The summed E-state index contributed by atoms with van der Waals surface area (Å²) >= 11 is 1.36. The third-order valence-electron chi connectivity index (χ3n) is 8.84. The Balaban J connectivity index is 1.38. The molecule has 0 radical (unpaired) electrons. The molecule has 1 aliphatic heterocycles. The van der Waals surface area contributed by atoms with Gasteiger partial charge in [-0.05, 0) is 57.1 Å². The van der Waals surface area contributed by atoms with Gasteiger partial charge in [0.15, 0.2) is 10.7 Å². The Kier molecular flexibility index (Phi) is 12.4. The van der Waals surface area contributed by atoms with Crippen LogP contribution in [-0.2, 0) is 11.0 Å². The molecule has 10 nitrogen and oxygen atoms in total. The smallest absolute Gasteiger partial charge is 0.351 e. The summed E-state index contributed by atoms with van der Waals surface area (Å²) in [6.45, 7) is 13.2. The zero-order chi connectivity index (χ0) is 37.7. The summed E-state index contributed by atoms with van der Waals surface area (Å²) in [7, 11) is 4.14. The zero-order valence-corrected chi connectivity index (χ0v) is 31.4. The number of likely N-dealkylation sites (N-methyl/N-ethyl adjacent to an activating group) is 1. The molecule has 0 saturated carbocycles. The van der Waals surface area contributed by atoms with Crippen molar-refractivity contribution in [1.29, 1.82) is 0 Å². The fraction of sp³-hybridized carbons (Fsp3) is 0.389. The zero-order valence-electron chi connectivity index (χ0n) is 29.4. The van der Waals surface area contributed by atoms with Crippen molar-refractivity contribution < 1.29 is 27.2 Å². The molecule has 3 unspecified atom stereocenters. The molecule has 2 N–H and O–H groups in total.